The Bertz CT molecular complexity index is 352. The lowest BCUT2D eigenvalue weighted by Crippen LogP contribution is -2.25. The number of nitrogens with one attached hydrogen (secondary N) is 1. The Labute approximate surface area is 98.2 Å². The number of hydrogen-bond donors (Lipinski definition) is 2. The minimum Gasteiger partial charge on any atom is -0.398 e. The molecule has 0 spiro atoms. The summed E-state index contributed by atoms with van der Waals surface area (Å²) in [5.74, 6) is 0.904. The van der Waals surface area contributed by atoms with Crippen molar-refractivity contribution in [3.8, 4) is 0 Å². The lowest BCUT2D eigenvalue weighted by atomic mass is 9.87. The van der Waals surface area contributed by atoms with Crippen LogP contribution < -0.4 is 11.1 Å². The highest BCUT2D eigenvalue weighted by Gasteiger charge is 2.17. The third kappa shape index (κ3) is 2.69. The van der Waals surface area contributed by atoms with Gasteiger partial charge >= 0.3 is 0 Å². The van der Waals surface area contributed by atoms with Gasteiger partial charge in [-0.3, -0.25) is 0 Å². The van der Waals surface area contributed by atoms with Gasteiger partial charge in [0.2, 0.25) is 0 Å². The number of hydrogen-bond acceptors (Lipinski definition) is 2. The van der Waals surface area contributed by atoms with Crippen molar-refractivity contribution in [1.82, 2.24) is 0 Å². The van der Waals surface area contributed by atoms with E-state index in [1.807, 2.05) is 13.0 Å². The summed E-state index contributed by atoms with van der Waals surface area (Å²) in [5.41, 5.74) is 9.12. The first-order valence-electron chi connectivity index (χ1n) is 6.28. The first kappa shape index (κ1) is 11.3. The third-order valence-electron chi connectivity index (χ3n) is 3.67. The van der Waals surface area contributed by atoms with E-state index in [0.29, 0.717) is 6.04 Å². The molecule has 1 saturated carbocycles. The molecule has 2 heteroatoms. The third-order valence-corrected chi connectivity index (χ3v) is 3.67. The molecule has 1 aliphatic rings. The monoisotopic (exact) mass is 218 g/mol. The standard InChI is InChI=1S/C14H22N2/c1-10-3-6-12(7-4-10)16-13-8-5-11(2)14(15)9-13/h5,8-10,12,16H,3-4,6-7,15H2,1-2H3. The van der Waals surface area contributed by atoms with Crippen LogP contribution in [0.3, 0.4) is 0 Å². The fourth-order valence-electron chi connectivity index (χ4n) is 2.37. The van der Waals surface area contributed by atoms with Crippen LogP contribution in [-0.4, -0.2) is 6.04 Å². The molecule has 1 fully saturated rings. The van der Waals surface area contributed by atoms with E-state index >= 15 is 0 Å². The lowest BCUT2D eigenvalue weighted by molar-refractivity contribution is 0.361. The minimum atomic E-state index is 0.637. The summed E-state index contributed by atoms with van der Waals surface area (Å²) in [5, 5.41) is 3.59. The summed E-state index contributed by atoms with van der Waals surface area (Å²) in [6, 6.07) is 6.90. The lowest BCUT2D eigenvalue weighted by Gasteiger charge is -2.27. The smallest absolute Gasteiger partial charge is 0.0364 e. The van der Waals surface area contributed by atoms with Gasteiger partial charge in [-0.1, -0.05) is 13.0 Å². The molecule has 0 bridgehead atoms. The van der Waals surface area contributed by atoms with E-state index in [0.717, 1.165) is 17.2 Å². The van der Waals surface area contributed by atoms with Gasteiger partial charge in [-0.2, -0.15) is 0 Å². The molecule has 0 aromatic heterocycles. The molecule has 0 atom stereocenters. The molecule has 0 heterocycles. The summed E-state index contributed by atoms with van der Waals surface area (Å²) < 4.78 is 0. The highest BCUT2D eigenvalue weighted by molar-refractivity contribution is 5.58. The first-order valence-corrected chi connectivity index (χ1v) is 6.28. The number of nitrogen functional groups attached to an aromatic ring is 1. The second-order valence-corrected chi connectivity index (χ2v) is 5.17. The average Bonchev–Trinajstić information content (AvgIpc) is 2.27. The van der Waals surface area contributed by atoms with Crippen LogP contribution >= 0.6 is 0 Å². The molecule has 0 saturated heterocycles. The van der Waals surface area contributed by atoms with Crippen molar-refractivity contribution in [1.29, 1.82) is 0 Å². The number of benzene rings is 1. The quantitative estimate of drug-likeness (QED) is 0.745. The second-order valence-electron chi connectivity index (χ2n) is 5.17. The Hall–Kier alpha value is -1.18. The van der Waals surface area contributed by atoms with E-state index in [4.69, 9.17) is 5.73 Å². The number of nitrogens with two attached hydrogens (primary N) is 1. The van der Waals surface area contributed by atoms with Crippen molar-refractivity contribution in [3.05, 3.63) is 23.8 Å². The Morgan fingerprint density at radius 1 is 1.19 bits per heavy atom. The fourth-order valence-corrected chi connectivity index (χ4v) is 2.37. The van der Waals surface area contributed by atoms with Crippen molar-refractivity contribution in [2.45, 2.75) is 45.6 Å². The van der Waals surface area contributed by atoms with Crippen molar-refractivity contribution >= 4 is 11.4 Å². The van der Waals surface area contributed by atoms with Crippen LogP contribution in [0, 0.1) is 12.8 Å². The van der Waals surface area contributed by atoms with Crippen LogP contribution in [0.5, 0.6) is 0 Å². The molecule has 88 valence electrons. The Balaban J connectivity index is 1.96. The topological polar surface area (TPSA) is 38.0 Å². The van der Waals surface area contributed by atoms with Gasteiger partial charge in [-0.25, -0.2) is 0 Å². The first-order chi connectivity index (χ1) is 7.65. The van der Waals surface area contributed by atoms with Crippen molar-refractivity contribution in [3.63, 3.8) is 0 Å². The minimum absolute atomic E-state index is 0.637. The van der Waals surface area contributed by atoms with Crippen LogP contribution in [0.1, 0.15) is 38.2 Å². The van der Waals surface area contributed by atoms with Crippen LogP contribution in [-0.2, 0) is 0 Å². The highest BCUT2D eigenvalue weighted by atomic mass is 14.9. The Morgan fingerprint density at radius 3 is 2.50 bits per heavy atom. The van der Waals surface area contributed by atoms with Gasteiger partial charge in [0.1, 0.15) is 0 Å². The van der Waals surface area contributed by atoms with Gasteiger partial charge in [-0.15, -0.1) is 0 Å². The zero-order valence-corrected chi connectivity index (χ0v) is 10.3. The van der Waals surface area contributed by atoms with Crippen molar-refractivity contribution in [2.75, 3.05) is 11.1 Å². The van der Waals surface area contributed by atoms with Crippen LogP contribution in [0.4, 0.5) is 11.4 Å². The summed E-state index contributed by atoms with van der Waals surface area (Å²) in [6.07, 6.45) is 5.27. The summed E-state index contributed by atoms with van der Waals surface area (Å²) >= 11 is 0. The molecule has 1 aromatic carbocycles. The van der Waals surface area contributed by atoms with E-state index in [1.54, 1.807) is 0 Å². The van der Waals surface area contributed by atoms with Crippen molar-refractivity contribution in [2.24, 2.45) is 5.92 Å². The molecule has 0 aliphatic heterocycles. The summed E-state index contributed by atoms with van der Waals surface area (Å²) in [6.45, 7) is 4.39. The summed E-state index contributed by atoms with van der Waals surface area (Å²) in [4.78, 5) is 0. The zero-order chi connectivity index (χ0) is 11.5. The van der Waals surface area contributed by atoms with Gasteiger partial charge in [0, 0.05) is 17.4 Å². The summed E-state index contributed by atoms with van der Waals surface area (Å²) in [7, 11) is 0. The maximum Gasteiger partial charge on any atom is 0.0364 e. The SMILES string of the molecule is Cc1ccc(NC2CCC(C)CC2)cc1N. The van der Waals surface area contributed by atoms with E-state index in [1.165, 1.54) is 31.4 Å². The largest absolute Gasteiger partial charge is 0.398 e. The normalized spacial score (nSPS) is 25.4. The van der Waals surface area contributed by atoms with E-state index < -0.39 is 0 Å². The predicted molar refractivity (Wildman–Crippen MR) is 70.6 cm³/mol. The molecule has 1 aromatic rings. The molecule has 0 radical (unpaired) electrons. The number of rotatable bonds is 2. The fraction of sp³-hybridized carbons (Fsp3) is 0.571. The van der Waals surface area contributed by atoms with Gasteiger partial charge in [0.25, 0.3) is 0 Å². The Morgan fingerprint density at radius 2 is 1.88 bits per heavy atom. The second kappa shape index (κ2) is 4.77. The molecular formula is C14H22N2. The zero-order valence-electron chi connectivity index (χ0n) is 10.3. The van der Waals surface area contributed by atoms with E-state index in [2.05, 4.69) is 24.4 Å². The molecule has 0 unspecified atom stereocenters. The maximum atomic E-state index is 5.91. The van der Waals surface area contributed by atoms with Crippen molar-refractivity contribution < 1.29 is 0 Å². The molecule has 16 heavy (non-hydrogen) atoms. The maximum absolute atomic E-state index is 5.91. The average molecular weight is 218 g/mol. The Kier molecular flexibility index (Phi) is 3.37. The number of anilines is 2. The van der Waals surface area contributed by atoms with Gasteiger partial charge in [-0.05, 0) is 56.2 Å². The van der Waals surface area contributed by atoms with E-state index in [-0.39, 0.29) is 0 Å². The van der Waals surface area contributed by atoms with Crippen LogP contribution in [0.25, 0.3) is 0 Å². The molecule has 3 N–H and O–H groups in total. The highest BCUT2D eigenvalue weighted by Crippen LogP contribution is 2.27. The molecular weight excluding hydrogens is 196 g/mol. The van der Waals surface area contributed by atoms with Crippen LogP contribution in [0.2, 0.25) is 0 Å². The molecule has 1 aliphatic carbocycles. The molecule has 2 nitrogen and oxygen atoms in total. The number of aryl methyl sites for hydroxylation is 1. The molecule has 0 amide bonds. The molecule has 2 rings (SSSR count). The predicted octanol–water partition coefficient (Wildman–Crippen LogP) is 3.57. The van der Waals surface area contributed by atoms with Gasteiger partial charge < -0.3 is 11.1 Å². The van der Waals surface area contributed by atoms with E-state index in [9.17, 15) is 0 Å². The van der Waals surface area contributed by atoms with Gasteiger partial charge in [0.05, 0.1) is 0 Å². The van der Waals surface area contributed by atoms with Crippen LogP contribution in [0.15, 0.2) is 18.2 Å². The van der Waals surface area contributed by atoms with Gasteiger partial charge in [0.15, 0.2) is 0 Å².